The Hall–Kier alpha value is -3.58. The van der Waals surface area contributed by atoms with Crippen LogP contribution in [0.5, 0.6) is 17.2 Å². The minimum atomic E-state index is -0.397. The second-order valence-electron chi connectivity index (χ2n) is 10.9. The molecule has 0 saturated carbocycles. The lowest BCUT2D eigenvalue weighted by Gasteiger charge is -2.19. The van der Waals surface area contributed by atoms with Gasteiger partial charge in [0.1, 0.15) is 19.8 Å². The second-order valence-corrected chi connectivity index (χ2v) is 10.9. The van der Waals surface area contributed by atoms with Crippen LogP contribution in [0.25, 0.3) is 0 Å². The molecule has 0 fully saturated rings. The van der Waals surface area contributed by atoms with Gasteiger partial charge in [0, 0.05) is 45.5 Å². The van der Waals surface area contributed by atoms with Crippen molar-refractivity contribution >= 4 is 11.8 Å². The number of carbonyl (C=O) groups is 2. The average Bonchev–Trinajstić information content (AvgIpc) is 3.18. The maximum Gasteiger partial charge on any atom is 0.251 e. The van der Waals surface area contributed by atoms with Crippen molar-refractivity contribution in [1.29, 1.82) is 0 Å². The molecule has 16 nitrogen and oxygen atoms in total. The number of rotatable bonds is 35. The summed E-state index contributed by atoms with van der Waals surface area (Å²) in [4.78, 5) is 25.7. The highest BCUT2D eigenvalue weighted by Crippen LogP contribution is 2.39. The minimum absolute atomic E-state index is 0.159. The first-order valence-electron chi connectivity index (χ1n) is 17.7. The van der Waals surface area contributed by atoms with E-state index in [1.165, 1.54) is 0 Å². The lowest BCUT2D eigenvalue weighted by Crippen LogP contribution is -2.34. The van der Waals surface area contributed by atoms with Gasteiger partial charge in [0.2, 0.25) is 5.75 Å². The summed E-state index contributed by atoms with van der Waals surface area (Å²) in [7, 11) is 4.84. The van der Waals surface area contributed by atoms with Crippen LogP contribution in [0.15, 0.2) is 42.5 Å². The van der Waals surface area contributed by atoms with Gasteiger partial charge in [-0.2, -0.15) is 0 Å². The van der Waals surface area contributed by atoms with Crippen molar-refractivity contribution in [2.45, 2.75) is 0 Å². The zero-order valence-electron chi connectivity index (χ0n) is 31.4. The number of hydrogen-bond acceptors (Lipinski definition) is 14. The van der Waals surface area contributed by atoms with E-state index in [4.69, 9.17) is 56.8 Å². The van der Waals surface area contributed by atoms with Crippen LogP contribution in [-0.2, 0) is 42.6 Å². The van der Waals surface area contributed by atoms with Crippen LogP contribution in [0.3, 0.4) is 0 Å². The summed E-state index contributed by atoms with van der Waals surface area (Å²) in [6.07, 6.45) is 0. The normalized spacial score (nSPS) is 11.0. The van der Waals surface area contributed by atoms with Crippen molar-refractivity contribution in [2.24, 2.45) is 0 Å². The Morgan fingerprint density at radius 3 is 1.17 bits per heavy atom. The maximum absolute atomic E-state index is 13.3. The summed E-state index contributed by atoms with van der Waals surface area (Å²) >= 11 is 0. The zero-order valence-corrected chi connectivity index (χ0v) is 31.4. The summed E-state index contributed by atoms with van der Waals surface area (Å²) in [6, 6.07) is 12.0. The third kappa shape index (κ3) is 22.3. The van der Waals surface area contributed by atoms with Gasteiger partial charge in [-0.05, 0) is 24.3 Å². The highest BCUT2D eigenvalue weighted by Gasteiger charge is 2.19. The quantitative estimate of drug-likeness (QED) is 0.0981. The van der Waals surface area contributed by atoms with E-state index in [1.807, 2.05) is 6.07 Å². The molecular weight excluding hydrogens is 696 g/mol. The molecule has 0 atom stereocenters. The Morgan fingerprint density at radius 1 is 0.434 bits per heavy atom. The smallest absolute Gasteiger partial charge is 0.251 e. The molecule has 0 spiro atoms. The van der Waals surface area contributed by atoms with Crippen molar-refractivity contribution in [3.63, 3.8) is 0 Å². The van der Waals surface area contributed by atoms with Crippen molar-refractivity contribution in [3.8, 4) is 17.2 Å². The number of carbonyl (C=O) groups excluding carboxylic acids is 2. The van der Waals surface area contributed by atoms with Crippen molar-refractivity contribution in [1.82, 2.24) is 10.6 Å². The van der Waals surface area contributed by atoms with Crippen LogP contribution in [0.4, 0.5) is 0 Å². The predicted octanol–water partition coefficient (Wildman–Crippen LogP) is 2.02. The van der Waals surface area contributed by atoms with E-state index in [-0.39, 0.29) is 75.7 Å². The topological polar surface area (TPSA) is 169 Å². The molecule has 2 aromatic rings. The fraction of sp³-hybridized carbons (Fsp3) is 0.622. The number of amides is 2. The number of ether oxygens (including phenoxy) is 12. The molecule has 16 heteroatoms. The zero-order chi connectivity index (χ0) is 38.0. The van der Waals surface area contributed by atoms with Crippen LogP contribution in [-0.4, -0.2) is 165 Å². The van der Waals surface area contributed by atoms with Gasteiger partial charge in [-0.1, -0.05) is 18.2 Å². The molecule has 2 aromatic carbocycles. The summed E-state index contributed by atoms with van der Waals surface area (Å²) in [6.45, 7) is 7.00. The summed E-state index contributed by atoms with van der Waals surface area (Å²) in [5, 5.41) is 5.63. The maximum atomic E-state index is 13.3. The van der Waals surface area contributed by atoms with Gasteiger partial charge < -0.3 is 67.5 Å². The molecule has 0 radical (unpaired) electrons. The lowest BCUT2D eigenvalue weighted by atomic mass is 10.1. The molecule has 53 heavy (non-hydrogen) atoms. The van der Waals surface area contributed by atoms with Crippen LogP contribution in [0, 0.1) is 0 Å². The van der Waals surface area contributed by atoms with Crippen LogP contribution >= 0.6 is 0 Å². The molecule has 300 valence electrons. The predicted molar refractivity (Wildman–Crippen MR) is 195 cm³/mol. The number of methoxy groups -OCH3 is 3. The molecule has 2 rings (SSSR count). The third-order valence-corrected chi connectivity index (χ3v) is 6.87. The molecule has 0 heterocycles. The van der Waals surface area contributed by atoms with Crippen molar-refractivity contribution in [2.75, 3.05) is 153 Å². The summed E-state index contributed by atoms with van der Waals surface area (Å²) in [5.41, 5.74) is 0.796. The van der Waals surface area contributed by atoms with Gasteiger partial charge in [-0.15, -0.1) is 0 Å². The summed E-state index contributed by atoms with van der Waals surface area (Å²) in [5.74, 6) is 0.219. The highest BCUT2D eigenvalue weighted by atomic mass is 16.6. The van der Waals surface area contributed by atoms with E-state index >= 15 is 0 Å². The molecule has 0 unspecified atom stereocenters. The first-order valence-corrected chi connectivity index (χ1v) is 17.7. The van der Waals surface area contributed by atoms with Gasteiger partial charge in [-0.25, -0.2) is 0 Å². The number of benzene rings is 2. The molecule has 2 N–H and O–H groups in total. The number of nitrogens with one attached hydrogen (secondary N) is 2. The van der Waals surface area contributed by atoms with Crippen LogP contribution < -0.4 is 24.8 Å². The Morgan fingerprint density at radius 2 is 0.774 bits per heavy atom. The SMILES string of the molecule is COCCOCCOCCOc1cc(C(=O)NCCNC(=O)c2ccccc2)cc(OCCOCCOCCOC)c1OCCOCCOCCOC. The van der Waals surface area contributed by atoms with Gasteiger partial charge in [-0.3, -0.25) is 9.59 Å². The highest BCUT2D eigenvalue weighted by molar-refractivity contribution is 5.96. The van der Waals surface area contributed by atoms with Crippen molar-refractivity contribution in [3.05, 3.63) is 53.6 Å². The molecule has 0 aliphatic heterocycles. The lowest BCUT2D eigenvalue weighted by molar-refractivity contribution is 0.0146. The van der Waals surface area contributed by atoms with Gasteiger partial charge >= 0.3 is 0 Å². The fourth-order valence-corrected chi connectivity index (χ4v) is 4.23. The molecule has 0 saturated heterocycles. The molecule has 0 aliphatic carbocycles. The van der Waals surface area contributed by atoms with Crippen LogP contribution in [0.1, 0.15) is 20.7 Å². The van der Waals surface area contributed by atoms with Gasteiger partial charge in [0.15, 0.2) is 11.5 Å². The van der Waals surface area contributed by atoms with Gasteiger partial charge in [0.25, 0.3) is 11.8 Å². The van der Waals surface area contributed by atoms with E-state index in [2.05, 4.69) is 10.6 Å². The van der Waals surface area contributed by atoms with E-state index in [0.717, 1.165) is 0 Å². The van der Waals surface area contributed by atoms with Gasteiger partial charge in [0.05, 0.1) is 99.1 Å². The Kier molecular flexibility index (Phi) is 27.4. The number of hydrogen-bond donors (Lipinski definition) is 2. The molecular formula is C37H58N2O14. The second kappa shape index (κ2) is 31.9. The van der Waals surface area contributed by atoms with Crippen molar-refractivity contribution < 1.29 is 66.4 Å². The molecule has 0 aromatic heterocycles. The van der Waals surface area contributed by atoms with Crippen LogP contribution in [0.2, 0.25) is 0 Å². The fourth-order valence-electron chi connectivity index (χ4n) is 4.23. The third-order valence-electron chi connectivity index (χ3n) is 6.87. The first-order chi connectivity index (χ1) is 26.1. The monoisotopic (exact) mass is 754 g/mol. The Bertz CT molecular complexity index is 1160. The Balaban J connectivity index is 2.08. The van der Waals surface area contributed by atoms with E-state index in [9.17, 15) is 9.59 Å². The molecule has 2 amide bonds. The van der Waals surface area contributed by atoms with E-state index < -0.39 is 5.91 Å². The van der Waals surface area contributed by atoms with E-state index in [1.54, 1.807) is 57.7 Å². The Labute approximate surface area is 312 Å². The minimum Gasteiger partial charge on any atom is -0.487 e. The average molecular weight is 755 g/mol. The molecule has 0 bridgehead atoms. The largest absolute Gasteiger partial charge is 0.487 e. The summed E-state index contributed by atoms with van der Waals surface area (Å²) < 4.78 is 66.4. The standard InChI is InChI=1S/C37H58N2O14/c1-42-11-14-45-17-20-48-23-26-51-33-29-32(37(41)39-10-9-38-36(40)31-7-5-4-6-8-31)30-34(52-27-24-49-21-18-46-15-12-43-2)35(33)53-28-25-50-22-19-47-16-13-44-3/h4-8,29-30H,9-28H2,1-3H3,(H,38,40)(H,39,41). The first kappa shape index (κ1) is 45.6. The van der Waals surface area contributed by atoms with E-state index in [0.29, 0.717) is 90.6 Å². The molecule has 0 aliphatic rings.